The molecule has 2 aliphatic rings. The Hall–Kier alpha value is -2.37. The number of hydrogen-bond donors (Lipinski definition) is 0. The SMILES string of the molecule is Cc1cccn2c(CC(=O)N3CC[C@@H]4CC(=O)N(C)[C@@H]4C3)cnc12. The third-order valence-corrected chi connectivity index (χ3v) is 5.54. The fraction of sp³-hybridized carbons (Fsp3) is 0.500. The van der Waals surface area contributed by atoms with Crippen molar-refractivity contribution in [3.05, 3.63) is 35.8 Å². The maximum absolute atomic E-state index is 12.8. The van der Waals surface area contributed by atoms with Crippen molar-refractivity contribution in [2.45, 2.75) is 32.2 Å². The van der Waals surface area contributed by atoms with Gasteiger partial charge in [0, 0.05) is 39.0 Å². The summed E-state index contributed by atoms with van der Waals surface area (Å²) in [6, 6.07) is 4.17. The number of likely N-dealkylation sites (tertiary alicyclic amines) is 2. The molecular formula is C18H22N4O2. The second kappa shape index (κ2) is 5.61. The predicted octanol–water partition coefficient (Wildman–Crippen LogP) is 1.26. The van der Waals surface area contributed by atoms with Crippen LogP contribution in [-0.2, 0) is 16.0 Å². The van der Waals surface area contributed by atoms with E-state index in [1.165, 1.54) is 0 Å². The van der Waals surface area contributed by atoms with Crippen LogP contribution in [0.5, 0.6) is 0 Å². The molecule has 4 heterocycles. The lowest BCUT2D eigenvalue weighted by atomic mass is 9.92. The summed E-state index contributed by atoms with van der Waals surface area (Å²) in [4.78, 5) is 32.8. The van der Waals surface area contributed by atoms with Gasteiger partial charge in [-0.1, -0.05) is 6.07 Å². The molecule has 0 radical (unpaired) electrons. The number of aryl methyl sites for hydroxylation is 1. The highest BCUT2D eigenvalue weighted by Gasteiger charge is 2.41. The number of fused-ring (bicyclic) bond motifs is 2. The molecule has 0 N–H and O–H groups in total. The summed E-state index contributed by atoms with van der Waals surface area (Å²) < 4.78 is 1.99. The first-order valence-corrected chi connectivity index (χ1v) is 8.49. The van der Waals surface area contributed by atoms with Crippen molar-refractivity contribution in [2.24, 2.45) is 5.92 Å². The molecule has 2 saturated heterocycles. The number of piperidine rings is 1. The van der Waals surface area contributed by atoms with Gasteiger partial charge in [-0.05, 0) is 30.9 Å². The molecule has 4 rings (SSSR count). The summed E-state index contributed by atoms with van der Waals surface area (Å²) >= 11 is 0. The minimum Gasteiger partial charge on any atom is -0.341 e. The Bertz CT molecular complexity index is 812. The topological polar surface area (TPSA) is 57.9 Å². The van der Waals surface area contributed by atoms with Crippen LogP contribution in [0.2, 0.25) is 0 Å². The number of aromatic nitrogens is 2. The maximum atomic E-state index is 12.8. The third-order valence-electron chi connectivity index (χ3n) is 5.54. The van der Waals surface area contributed by atoms with Crippen molar-refractivity contribution in [1.82, 2.24) is 19.2 Å². The van der Waals surface area contributed by atoms with Gasteiger partial charge >= 0.3 is 0 Å². The number of carbonyl (C=O) groups is 2. The Balaban J connectivity index is 1.50. The Morgan fingerprint density at radius 3 is 3.08 bits per heavy atom. The van der Waals surface area contributed by atoms with E-state index in [0.29, 0.717) is 25.3 Å². The average Bonchev–Trinajstić information content (AvgIpc) is 3.10. The van der Waals surface area contributed by atoms with Crippen LogP contribution in [0.4, 0.5) is 0 Å². The molecular weight excluding hydrogens is 304 g/mol. The van der Waals surface area contributed by atoms with E-state index in [1.54, 1.807) is 6.20 Å². The van der Waals surface area contributed by atoms with Gasteiger partial charge in [0.2, 0.25) is 11.8 Å². The van der Waals surface area contributed by atoms with E-state index >= 15 is 0 Å². The summed E-state index contributed by atoms with van der Waals surface area (Å²) in [5.74, 6) is 0.728. The minimum absolute atomic E-state index is 0.115. The predicted molar refractivity (Wildman–Crippen MR) is 89.5 cm³/mol. The van der Waals surface area contributed by atoms with Gasteiger partial charge in [-0.3, -0.25) is 9.59 Å². The third kappa shape index (κ3) is 2.37. The van der Waals surface area contributed by atoms with Crippen LogP contribution in [0.15, 0.2) is 24.5 Å². The fourth-order valence-electron chi connectivity index (χ4n) is 4.04. The molecule has 2 amide bonds. The molecule has 6 heteroatoms. The first kappa shape index (κ1) is 15.2. The van der Waals surface area contributed by atoms with Crippen molar-refractivity contribution in [3.63, 3.8) is 0 Å². The molecule has 2 aromatic rings. The summed E-state index contributed by atoms with van der Waals surface area (Å²) in [5, 5.41) is 0. The Morgan fingerprint density at radius 2 is 2.25 bits per heavy atom. The summed E-state index contributed by atoms with van der Waals surface area (Å²) in [7, 11) is 1.86. The van der Waals surface area contributed by atoms with Gasteiger partial charge in [0.05, 0.1) is 18.2 Å². The molecule has 0 aliphatic carbocycles. The zero-order valence-corrected chi connectivity index (χ0v) is 14.1. The quantitative estimate of drug-likeness (QED) is 0.835. The van der Waals surface area contributed by atoms with Gasteiger partial charge in [0.25, 0.3) is 0 Å². The second-order valence-corrected chi connectivity index (χ2v) is 6.98. The van der Waals surface area contributed by atoms with E-state index in [9.17, 15) is 9.59 Å². The van der Waals surface area contributed by atoms with E-state index in [-0.39, 0.29) is 17.9 Å². The maximum Gasteiger partial charge on any atom is 0.228 e. The van der Waals surface area contributed by atoms with Crippen LogP contribution < -0.4 is 0 Å². The monoisotopic (exact) mass is 326 g/mol. The number of likely N-dealkylation sites (N-methyl/N-ethyl adjacent to an activating group) is 1. The molecule has 6 nitrogen and oxygen atoms in total. The van der Waals surface area contributed by atoms with Crippen LogP contribution in [0.25, 0.3) is 5.65 Å². The summed E-state index contributed by atoms with van der Waals surface area (Å²) in [5.41, 5.74) is 2.92. The van der Waals surface area contributed by atoms with Gasteiger partial charge in [0.15, 0.2) is 0 Å². The highest BCUT2D eigenvalue weighted by atomic mass is 16.2. The molecule has 2 atom stereocenters. The van der Waals surface area contributed by atoms with E-state index in [2.05, 4.69) is 4.98 Å². The zero-order valence-electron chi connectivity index (χ0n) is 14.1. The number of pyridine rings is 1. The van der Waals surface area contributed by atoms with E-state index in [1.807, 2.05) is 46.5 Å². The molecule has 0 saturated carbocycles. The van der Waals surface area contributed by atoms with Gasteiger partial charge < -0.3 is 14.2 Å². The van der Waals surface area contributed by atoms with Crippen molar-refractivity contribution in [2.75, 3.05) is 20.1 Å². The van der Waals surface area contributed by atoms with Crippen LogP contribution in [-0.4, -0.2) is 57.2 Å². The molecule has 0 spiro atoms. The molecule has 2 fully saturated rings. The number of carbonyl (C=O) groups excluding carboxylic acids is 2. The minimum atomic E-state index is 0.115. The first-order valence-electron chi connectivity index (χ1n) is 8.49. The number of imidazole rings is 1. The van der Waals surface area contributed by atoms with E-state index in [4.69, 9.17) is 0 Å². The molecule has 0 aromatic carbocycles. The fourth-order valence-corrected chi connectivity index (χ4v) is 4.04. The van der Waals surface area contributed by atoms with Crippen molar-refractivity contribution >= 4 is 17.5 Å². The highest BCUT2D eigenvalue weighted by molar-refractivity contribution is 5.81. The van der Waals surface area contributed by atoms with Crippen molar-refractivity contribution < 1.29 is 9.59 Å². The molecule has 24 heavy (non-hydrogen) atoms. The van der Waals surface area contributed by atoms with Gasteiger partial charge in [-0.15, -0.1) is 0 Å². The van der Waals surface area contributed by atoms with Crippen LogP contribution >= 0.6 is 0 Å². The lowest BCUT2D eigenvalue weighted by Gasteiger charge is -2.37. The average molecular weight is 326 g/mol. The number of amides is 2. The number of hydrogen-bond acceptors (Lipinski definition) is 3. The van der Waals surface area contributed by atoms with Crippen LogP contribution in [0.3, 0.4) is 0 Å². The molecule has 2 aromatic heterocycles. The normalized spacial score (nSPS) is 23.8. The molecule has 2 aliphatic heterocycles. The van der Waals surface area contributed by atoms with Gasteiger partial charge in [-0.25, -0.2) is 4.98 Å². The number of nitrogens with zero attached hydrogens (tertiary/aromatic N) is 4. The zero-order chi connectivity index (χ0) is 16.8. The van der Waals surface area contributed by atoms with E-state index in [0.717, 1.165) is 29.9 Å². The van der Waals surface area contributed by atoms with Gasteiger partial charge in [-0.2, -0.15) is 0 Å². The molecule has 0 unspecified atom stereocenters. The van der Waals surface area contributed by atoms with Crippen LogP contribution in [0.1, 0.15) is 24.1 Å². The van der Waals surface area contributed by atoms with Crippen molar-refractivity contribution in [1.29, 1.82) is 0 Å². The Labute approximate surface area is 141 Å². The summed E-state index contributed by atoms with van der Waals surface area (Å²) in [6.07, 6.45) is 5.64. The first-order chi connectivity index (χ1) is 11.5. The molecule has 0 bridgehead atoms. The smallest absolute Gasteiger partial charge is 0.228 e. The lowest BCUT2D eigenvalue weighted by Crippen LogP contribution is -2.50. The second-order valence-electron chi connectivity index (χ2n) is 6.98. The highest BCUT2D eigenvalue weighted by Crippen LogP contribution is 2.31. The van der Waals surface area contributed by atoms with E-state index < -0.39 is 0 Å². The number of rotatable bonds is 2. The Morgan fingerprint density at radius 1 is 1.42 bits per heavy atom. The Kier molecular flexibility index (Phi) is 3.55. The summed E-state index contributed by atoms with van der Waals surface area (Å²) in [6.45, 7) is 3.42. The lowest BCUT2D eigenvalue weighted by molar-refractivity contribution is -0.134. The van der Waals surface area contributed by atoms with Gasteiger partial charge in [0.1, 0.15) is 5.65 Å². The van der Waals surface area contributed by atoms with Crippen LogP contribution in [0, 0.1) is 12.8 Å². The standard InChI is InChI=1S/C18H22N4O2/c1-12-4-3-6-22-14(10-19-18(12)22)9-17(24)21-7-5-13-8-16(23)20(2)15(13)11-21/h3-4,6,10,13,15H,5,7-9,11H2,1-2H3/t13-,15-/m1/s1. The molecule has 126 valence electrons. The van der Waals surface area contributed by atoms with Crippen molar-refractivity contribution in [3.8, 4) is 0 Å². The largest absolute Gasteiger partial charge is 0.341 e.